The standard InChI is InChI=1S/C11H12ClNO3S/c1-8(14)13-6-2-3-9-4-5-10(7-11(9)13)17(12,15)16/h4-5,7H,2-3,6H2,1H3. The topological polar surface area (TPSA) is 54.5 Å². The monoisotopic (exact) mass is 273 g/mol. The molecule has 0 fully saturated rings. The zero-order valence-electron chi connectivity index (χ0n) is 9.31. The van der Waals surface area contributed by atoms with E-state index in [1.165, 1.54) is 19.1 Å². The van der Waals surface area contributed by atoms with Crippen molar-refractivity contribution in [3.63, 3.8) is 0 Å². The van der Waals surface area contributed by atoms with Crippen LogP contribution in [-0.4, -0.2) is 20.9 Å². The van der Waals surface area contributed by atoms with E-state index >= 15 is 0 Å². The molecule has 0 N–H and O–H groups in total. The Morgan fingerprint density at radius 3 is 2.71 bits per heavy atom. The second-order valence-electron chi connectivity index (χ2n) is 4.00. The zero-order chi connectivity index (χ0) is 12.6. The number of fused-ring (bicyclic) bond motifs is 1. The largest absolute Gasteiger partial charge is 0.312 e. The molecule has 1 aliphatic heterocycles. The van der Waals surface area contributed by atoms with Gasteiger partial charge in [0.05, 0.1) is 4.90 Å². The first-order valence-electron chi connectivity index (χ1n) is 5.25. The molecule has 0 aromatic heterocycles. The fraction of sp³-hybridized carbons (Fsp3) is 0.364. The van der Waals surface area contributed by atoms with Crippen LogP contribution in [0.3, 0.4) is 0 Å². The highest BCUT2D eigenvalue weighted by atomic mass is 35.7. The van der Waals surface area contributed by atoms with Gasteiger partial charge in [-0.05, 0) is 30.5 Å². The van der Waals surface area contributed by atoms with E-state index in [1.54, 1.807) is 11.0 Å². The van der Waals surface area contributed by atoms with Crippen molar-refractivity contribution in [2.24, 2.45) is 0 Å². The molecule has 4 nitrogen and oxygen atoms in total. The van der Waals surface area contributed by atoms with Gasteiger partial charge in [0.2, 0.25) is 5.91 Å². The fourth-order valence-electron chi connectivity index (χ4n) is 2.03. The highest BCUT2D eigenvalue weighted by Gasteiger charge is 2.22. The van der Waals surface area contributed by atoms with Crippen molar-refractivity contribution >= 4 is 31.3 Å². The molecular weight excluding hydrogens is 262 g/mol. The number of anilines is 1. The van der Waals surface area contributed by atoms with Gasteiger partial charge in [0.1, 0.15) is 0 Å². The summed E-state index contributed by atoms with van der Waals surface area (Å²) in [6.45, 7) is 2.09. The van der Waals surface area contributed by atoms with Crippen LogP contribution in [0.2, 0.25) is 0 Å². The average molecular weight is 274 g/mol. The molecule has 0 bridgehead atoms. The maximum absolute atomic E-state index is 11.5. The lowest BCUT2D eigenvalue weighted by Crippen LogP contribution is -2.33. The number of nitrogens with zero attached hydrogens (tertiary/aromatic N) is 1. The Bertz CT molecular complexity index is 568. The van der Waals surface area contributed by atoms with Gasteiger partial charge < -0.3 is 4.90 Å². The maximum atomic E-state index is 11.5. The molecule has 1 amide bonds. The molecule has 2 rings (SSSR count). The van der Waals surface area contributed by atoms with Crippen molar-refractivity contribution in [1.82, 2.24) is 0 Å². The summed E-state index contributed by atoms with van der Waals surface area (Å²) in [5.41, 5.74) is 1.64. The smallest absolute Gasteiger partial charge is 0.261 e. The summed E-state index contributed by atoms with van der Waals surface area (Å²) in [5.74, 6) is -0.0879. The minimum absolute atomic E-state index is 0.0334. The molecule has 0 saturated carbocycles. The van der Waals surface area contributed by atoms with Gasteiger partial charge in [0.15, 0.2) is 0 Å². The Hall–Kier alpha value is -1.07. The van der Waals surface area contributed by atoms with Crippen LogP contribution in [0.25, 0.3) is 0 Å². The number of halogens is 1. The summed E-state index contributed by atoms with van der Waals surface area (Å²) >= 11 is 0. The summed E-state index contributed by atoms with van der Waals surface area (Å²) in [4.78, 5) is 13.1. The van der Waals surface area contributed by atoms with Gasteiger partial charge >= 0.3 is 0 Å². The number of carbonyl (C=O) groups is 1. The van der Waals surface area contributed by atoms with E-state index in [9.17, 15) is 13.2 Å². The molecule has 0 atom stereocenters. The Balaban J connectivity index is 2.55. The van der Waals surface area contributed by atoms with Crippen LogP contribution in [0.1, 0.15) is 18.9 Å². The highest BCUT2D eigenvalue weighted by Crippen LogP contribution is 2.30. The number of aryl methyl sites for hydroxylation is 1. The van der Waals surface area contributed by atoms with Gasteiger partial charge in [-0.3, -0.25) is 4.79 Å². The molecule has 0 spiro atoms. The first-order valence-corrected chi connectivity index (χ1v) is 7.56. The minimum atomic E-state index is -3.75. The first kappa shape index (κ1) is 12.4. The highest BCUT2D eigenvalue weighted by molar-refractivity contribution is 8.13. The third-order valence-electron chi connectivity index (χ3n) is 2.84. The van der Waals surface area contributed by atoms with Crippen LogP contribution >= 0.6 is 10.7 Å². The molecular formula is C11H12ClNO3S. The van der Waals surface area contributed by atoms with Gasteiger partial charge in [-0.1, -0.05) is 6.07 Å². The van der Waals surface area contributed by atoms with Crippen LogP contribution in [0.4, 0.5) is 5.69 Å². The van der Waals surface area contributed by atoms with E-state index in [2.05, 4.69) is 0 Å². The lowest BCUT2D eigenvalue weighted by atomic mass is 10.0. The number of hydrogen-bond acceptors (Lipinski definition) is 3. The summed E-state index contributed by atoms with van der Waals surface area (Å²) < 4.78 is 22.5. The second-order valence-corrected chi connectivity index (χ2v) is 6.57. The van der Waals surface area contributed by atoms with Gasteiger partial charge in [0.25, 0.3) is 9.05 Å². The third kappa shape index (κ3) is 2.45. The molecule has 17 heavy (non-hydrogen) atoms. The van der Waals surface area contributed by atoms with E-state index < -0.39 is 9.05 Å². The molecule has 1 aliphatic rings. The summed E-state index contributed by atoms with van der Waals surface area (Å²) in [7, 11) is 1.55. The number of carbonyl (C=O) groups excluding carboxylic acids is 1. The summed E-state index contributed by atoms with van der Waals surface area (Å²) in [6.07, 6.45) is 1.74. The minimum Gasteiger partial charge on any atom is -0.312 e. The number of benzene rings is 1. The Morgan fingerprint density at radius 2 is 2.12 bits per heavy atom. The summed E-state index contributed by atoms with van der Waals surface area (Å²) in [5, 5.41) is 0. The maximum Gasteiger partial charge on any atom is 0.261 e. The predicted octanol–water partition coefficient (Wildman–Crippen LogP) is 1.91. The van der Waals surface area contributed by atoms with E-state index in [4.69, 9.17) is 10.7 Å². The molecule has 0 aliphatic carbocycles. The molecule has 1 aromatic carbocycles. The van der Waals surface area contributed by atoms with Gasteiger partial charge in [-0.2, -0.15) is 0 Å². The third-order valence-corrected chi connectivity index (χ3v) is 4.19. The quantitative estimate of drug-likeness (QED) is 0.735. The molecule has 92 valence electrons. The lowest BCUT2D eigenvalue weighted by molar-refractivity contribution is -0.116. The Kier molecular flexibility index (Phi) is 3.14. The van der Waals surface area contributed by atoms with E-state index in [1.807, 2.05) is 0 Å². The molecule has 1 heterocycles. The van der Waals surface area contributed by atoms with Crippen molar-refractivity contribution in [2.45, 2.75) is 24.7 Å². The molecule has 1 aromatic rings. The van der Waals surface area contributed by atoms with Gasteiger partial charge in [0, 0.05) is 29.8 Å². The first-order chi connectivity index (χ1) is 7.89. The summed E-state index contributed by atoms with van der Waals surface area (Å²) in [6, 6.07) is 4.67. The van der Waals surface area contributed by atoms with Crippen LogP contribution < -0.4 is 4.90 Å². The van der Waals surface area contributed by atoms with Gasteiger partial charge in [-0.25, -0.2) is 8.42 Å². The fourth-order valence-corrected chi connectivity index (χ4v) is 2.80. The van der Waals surface area contributed by atoms with Crippen molar-refractivity contribution in [3.05, 3.63) is 23.8 Å². The van der Waals surface area contributed by atoms with Gasteiger partial charge in [-0.15, -0.1) is 0 Å². The molecule has 0 unspecified atom stereocenters. The van der Waals surface area contributed by atoms with Crippen molar-refractivity contribution in [2.75, 3.05) is 11.4 Å². The van der Waals surface area contributed by atoms with E-state index in [0.29, 0.717) is 12.2 Å². The van der Waals surface area contributed by atoms with Crippen LogP contribution in [-0.2, 0) is 20.3 Å². The molecule has 0 radical (unpaired) electrons. The second kappa shape index (κ2) is 4.31. The molecule has 6 heteroatoms. The SMILES string of the molecule is CC(=O)N1CCCc2ccc(S(=O)(=O)Cl)cc21. The Labute approximate surface area is 105 Å². The van der Waals surface area contributed by atoms with Crippen molar-refractivity contribution in [3.8, 4) is 0 Å². The zero-order valence-corrected chi connectivity index (χ0v) is 10.9. The Morgan fingerprint density at radius 1 is 1.41 bits per heavy atom. The van der Waals surface area contributed by atoms with Crippen LogP contribution in [0.15, 0.2) is 23.1 Å². The normalized spacial score (nSPS) is 15.5. The van der Waals surface area contributed by atoms with E-state index in [-0.39, 0.29) is 10.8 Å². The average Bonchev–Trinajstić information content (AvgIpc) is 2.26. The van der Waals surface area contributed by atoms with Crippen molar-refractivity contribution in [1.29, 1.82) is 0 Å². The lowest BCUT2D eigenvalue weighted by Gasteiger charge is -2.28. The van der Waals surface area contributed by atoms with Crippen LogP contribution in [0, 0.1) is 0 Å². The van der Waals surface area contributed by atoms with Crippen LogP contribution in [0.5, 0.6) is 0 Å². The van der Waals surface area contributed by atoms with E-state index in [0.717, 1.165) is 18.4 Å². The number of hydrogen-bond donors (Lipinski definition) is 0. The predicted molar refractivity (Wildman–Crippen MR) is 65.8 cm³/mol. The number of amides is 1. The number of rotatable bonds is 1. The molecule has 0 saturated heterocycles. The van der Waals surface area contributed by atoms with Crippen molar-refractivity contribution < 1.29 is 13.2 Å².